The van der Waals surface area contributed by atoms with Gasteiger partial charge in [-0.25, -0.2) is 4.39 Å². The zero-order valence-electron chi connectivity index (χ0n) is 16.0. The minimum atomic E-state index is -0.162. The molecule has 0 bridgehead atoms. The van der Waals surface area contributed by atoms with Crippen LogP contribution in [-0.4, -0.2) is 34.6 Å². The quantitative estimate of drug-likeness (QED) is 0.815. The molecule has 1 aromatic heterocycles. The van der Waals surface area contributed by atoms with E-state index in [-0.39, 0.29) is 11.4 Å². The molecule has 0 aliphatic carbocycles. The number of nitrogens with zero attached hydrogens (tertiary/aromatic N) is 3. The SMILES string of the molecule is Cc1cnccc1CN1CC[C@H]2[C@@H](C1)CC(C)(C)N2c1ccc(F)cc1. The number of benzene rings is 1. The Morgan fingerprint density at radius 3 is 2.69 bits per heavy atom. The van der Waals surface area contributed by atoms with Crippen LogP contribution >= 0.6 is 0 Å². The second-order valence-electron chi connectivity index (χ2n) is 8.52. The maximum absolute atomic E-state index is 13.4. The molecule has 3 heterocycles. The van der Waals surface area contributed by atoms with Crippen molar-refractivity contribution < 1.29 is 4.39 Å². The first-order chi connectivity index (χ1) is 12.4. The van der Waals surface area contributed by atoms with Gasteiger partial charge in [0.25, 0.3) is 0 Å². The van der Waals surface area contributed by atoms with Gasteiger partial charge in [0.1, 0.15) is 5.82 Å². The highest BCUT2D eigenvalue weighted by molar-refractivity contribution is 5.52. The molecule has 2 saturated heterocycles. The van der Waals surface area contributed by atoms with Crippen LogP contribution in [0.15, 0.2) is 42.7 Å². The molecule has 0 unspecified atom stereocenters. The van der Waals surface area contributed by atoms with Crippen LogP contribution in [0.4, 0.5) is 10.1 Å². The number of halogens is 1. The van der Waals surface area contributed by atoms with Crippen molar-refractivity contribution in [2.45, 2.75) is 51.7 Å². The lowest BCUT2D eigenvalue weighted by Crippen LogP contribution is -2.48. The summed E-state index contributed by atoms with van der Waals surface area (Å²) >= 11 is 0. The molecule has 3 nitrogen and oxygen atoms in total. The number of piperidine rings is 1. The maximum Gasteiger partial charge on any atom is 0.123 e. The summed E-state index contributed by atoms with van der Waals surface area (Å²) in [4.78, 5) is 9.35. The van der Waals surface area contributed by atoms with E-state index < -0.39 is 0 Å². The van der Waals surface area contributed by atoms with E-state index in [9.17, 15) is 4.39 Å². The molecule has 2 atom stereocenters. The number of rotatable bonds is 3. The van der Waals surface area contributed by atoms with Crippen LogP contribution in [0.2, 0.25) is 0 Å². The maximum atomic E-state index is 13.4. The Hall–Kier alpha value is -1.94. The average Bonchev–Trinajstić information content (AvgIpc) is 2.87. The fourth-order valence-electron chi connectivity index (χ4n) is 5.03. The Kier molecular flexibility index (Phi) is 4.47. The van der Waals surface area contributed by atoms with E-state index in [0.717, 1.165) is 31.7 Å². The minimum absolute atomic E-state index is 0.107. The first kappa shape index (κ1) is 17.5. The number of hydrogen-bond acceptors (Lipinski definition) is 3. The van der Waals surface area contributed by atoms with Gasteiger partial charge in [0.15, 0.2) is 0 Å². The molecule has 0 spiro atoms. The third-order valence-corrected chi connectivity index (χ3v) is 6.16. The first-order valence-electron chi connectivity index (χ1n) is 9.61. The molecule has 1 aromatic carbocycles. The van der Waals surface area contributed by atoms with E-state index in [2.05, 4.69) is 41.6 Å². The van der Waals surface area contributed by atoms with Gasteiger partial charge >= 0.3 is 0 Å². The van der Waals surface area contributed by atoms with E-state index in [4.69, 9.17) is 0 Å². The van der Waals surface area contributed by atoms with Gasteiger partial charge in [0.2, 0.25) is 0 Å². The van der Waals surface area contributed by atoms with Crippen molar-refractivity contribution in [3.05, 3.63) is 59.7 Å². The van der Waals surface area contributed by atoms with E-state index >= 15 is 0 Å². The highest BCUT2D eigenvalue weighted by Gasteiger charge is 2.47. The van der Waals surface area contributed by atoms with Gasteiger partial charge in [-0.2, -0.15) is 0 Å². The summed E-state index contributed by atoms with van der Waals surface area (Å²) in [6.45, 7) is 10.0. The normalized spacial score (nSPS) is 25.3. The van der Waals surface area contributed by atoms with Gasteiger partial charge in [-0.1, -0.05) is 0 Å². The molecule has 2 fully saturated rings. The standard InChI is InChI=1S/C22H28FN3/c1-16-13-24-10-8-17(16)14-25-11-9-21-18(15-25)12-22(2,3)26(21)20-6-4-19(23)5-7-20/h4-8,10,13,18,21H,9,11-12,14-15H2,1-3H3/t18-,21+/m1/s1. The number of aromatic nitrogens is 1. The fraction of sp³-hybridized carbons (Fsp3) is 0.500. The van der Waals surface area contributed by atoms with Crippen molar-refractivity contribution in [2.75, 3.05) is 18.0 Å². The van der Waals surface area contributed by atoms with Crippen molar-refractivity contribution in [2.24, 2.45) is 5.92 Å². The lowest BCUT2D eigenvalue weighted by atomic mass is 9.89. The summed E-state index contributed by atoms with van der Waals surface area (Å²) in [5, 5.41) is 0. The third-order valence-electron chi connectivity index (χ3n) is 6.16. The van der Waals surface area contributed by atoms with Crippen LogP contribution in [0.5, 0.6) is 0 Å². The lowest BCUT2D eigenvalue weighted by molar-refractivity contribution is 0.161. The smallest absolute Gasteiger partial charge is 0.123 e. The van der Waals surface area contributed by atoms with Gasteiger partial charge < -0.3 is 4.90 Å². The summed E-state index contributed by atoms with van der Waals surface area (Å²) in [6, 6.07) is 9.73. The Balaban J connectivity index is 1.51. The highest BCUT2D eigenvalue weighted by Crippen LogP contribution is 2.44. The monoisotopic (exact) mass is 353 g/mol. The van der Waals surface area contributed by atoms with E-state index in [1.54, 1.807) is 12.1 Å². The minimum Gasteiger partial charge on any atom is -0.363 e. The highest BCUT2D eigenvalue weighted by atomic mass is 19.1. The van der Waals surface area contributed by atoms with Gasteiger partial charge in [-0.15, -0.1) is 0 Å². The molecule has 0 saturated carbocycles. The zero-order valence-corrected chi connectivity index (χ0v) is 16.0. The zero-order chi connectivity index (χ0) is 18.3. The molecule has 0 amide bonds. The largest absolute Gasteiger partial charge is 0.363 e. The Bertz CT molecular complexity index is 771. The van der Waals surface area contributed by atoms with Crippen molar-refractivity contribution in [1.82, 2.24) is 9.88 Å². The summed E-state index contributed by atoms with van der Waals surface area (Å²) in [5.41, 5.74) is 3.91. The van der Waals surface area contributed by atoms with Crippen molar-refractivity contribution in [3.8, 4) is 0 Å². The van der Waals surface area contributed by atoms with Gasteiger partial charge in [-0.05, 0) is 81.0 Å². The predicted octanol–water partition coefficient (Wildman–Crippen LogP) is 4.41. The van der Waals surface area contributed by atoms with E-state index in [1.165, 1.54) is 17.5 Å². The number of fused-ring (bicyclic) bond motifs is 1. The van der Waals surface area contributed by atoms with E-state index in [0.29, 0.717) is 12.0 Å². The van der Waals surface area contributed by atoms with Crippen molar-refractivity contribution in [1.29, 1.82) is 0 Å². The number of hydrogen-bond donors (Lipinski definition) is 0. The molecule has 26 heavy (non-hydrogen) atoms. The topological polar surface area (TPSA) is 19.4 Å². The van der Waals surface area contributed by atoms with Gasteiger partial charge in [0, 0.05) is 49.3 Å². The van der Waals surface area contributed by atoms with Gasteiger partial charge in [0.05, 0.1) is 0 Å². The van der Waals surface area contributed by atoms with Crippen LogP contribution in [-0.2, 0) is 6.54 Å². The summed E-state index contributed by atoms with van der Waals surface area (Å²) in [6.07, 6.45) is 6.19. The van der Waals surface area contributed by atoms with E-state index in [1.807, 2.05) is 24.5 Å². The van der Waals surface area contributed by atoms with Gasteiger partial charge in [-0.3, -0.25) is 9.88 Å². The predicted molar refractivity (Wildman–Crippen MR) is 104 cm³/mol. The van der Waals surface area contributed by atoms with Crippen LogP contribution in [0, 0.1) is 18.7 Å². The van der Waals surface area contributed by atoms with Crippen LogP contribution in [0.1, 0.15) is 37.8 Å². The van der Waals surface area contributed by atoms with Crippen LogP contribution in [0.25, 0.3) is 0 Å². The molecule has 138 valence electrons. The molecule has 4 rings (SSSR count). The number of pyridine rings is 1. The molecular weight excluding hydrogens is 325 g/mol. The Labute approximate surface area is 155 Å². The second-order valence-corrected chi connectivity index (χ2v) is 8.52. The number of aryl methyl sites for hydroxylation is 1. The average molecular weight is 353 g/mol. The third kappa shape index (κ3) is 3.23. The molecule has 4 heteroatoms. The summed E-state index contributed by atoms with van der Waals surface area (Å²) in [5.74, 6) is 0.496. The summed E-state index contributed by atoms with van der Waals surface area (Å²) < 4.78 is 13.4. The molecule has 0 radical (unpaired) electrons. The molecule has 2 aliphatic rings. The fourth-order valence-corrected chi connectivity index (χ4v) is 5.03. The van der Waals surface area contributed by atoms with Crippen molar-refractivity contribution >= 4 is 5.69 Å². The molecule has 0 N–H and O–H groups in total. The summed E-state index contributed by atoms with van der Waals surface area (Å²) in [7, 11) is 0. The number of anilines is 1. The molecular formula is C22H28FN3. The lowest BCUT2D eigenvalue weighted by Gasteiger charge is -2.42. The van der Waals surface area contributed by atoms with Crippen LogP contribution in [0.3, 0.4) is 0 Å². The number of likely N-dealkylation sites (tertiary alicyclic amines) is 1. The Morgan fingerprint density at radius 1 is 1.19 bits per heavy atom. The first-order valence-corrected chi connectivity index (χ1v) is 9.61. The molecule has 2 aromatic rings. The second kappa shape index (κ2) is 6.66. The van der Waals surface area contributed by atoms with Crippen molar-refractivity contribution in [3.63, 3.8) is 0 Å². The molecule has 2 aliphatic heterocycles. The Morgan fingerprint density at radius 2 is 1.96 bits per heavy atom. The van der Waals surface area contributed by atoms with Crippen LogP contribution < -0.4 is 4.90 Å².